The molecule has 1 aliphatic rings. The lowest BCUT2D eigenvalue weighted by Gasteiger charge is -2.38. The zero-order valence-electron chi connectivity index (χ0n) is 13.7. The van der Waals surface area contributed by atoms with Gasteiger partial charge in [-0.1, -0.05) is 0 Å². The van der Waals surface area contributed by atoms with Gasteiger partial charge in [-0.25, -0.2) is 14.8 Å². The molecule has 1 saturated heterocycles. The number of hydrogen-bond acceptors (Lipinski definition) is 4. The van der Waals surface area contributed by atoms with E-state index in [0.717, 1.165) is 17.9 Å². The number of aromatic nitrogens is 3. The number of rotatable bonds is 2. The highest BCUT2D eigenvalue weighted by Crippen LogP contribution is 2.22. The number of aryl methyl sites for hydroxylation is 2. The van der Waals surface area contributed by atoms with Crippen LogP contribution in [-0.2, 0) is 7.05 Å². The number of likely N-dealkylation sites (N-methyl/N-ethyl adjacent to an activating group) is 1. The Morgan fingerprint density at radius 1 is 1.26 bits per heavy atom. The molecule has 2 aromatic rings. The van der Waals surface area contributed by atoms with Gasteiger partial charge in [0.25, 0.3) is 0 Å². The molecule has 0 aromatic carbocycles. The molecule has 0 saturated carbocycles. The molecule has 0 spiro atoms. The lowest BCUT2D eigenvalue weighted by Crippen LogP contribution is -2.50. The number of carbonyl (C=O) groups excluding carboxylic acids is 1. The van der Waals surface area contributed by atoms with Crippen molar-refractivity contribution in [1.29, 1.82) is 0 Å². The highest BCUT2D eigenvalue weighted by molar-refractivity contribution is 5.88. The maximum Gasteiger partial charge on any atom is 0.323 e. The average molecular weight is 314 g/mol. The van der Waals surface area contributed by atoms with Crippen molar-refractivity contribution in [3.8, 4) is 0 Å². The molecule has 3 rings (SSSR count). The number of amides is 2. The minimum Gasteiger partial charge on any atom is -0.337 e. The number of carbonyl (C=O) groups is 1. The van der Waals surface area contributed by atoms with Gasteiger partial charge in [0.1, 0.15) is 11.6 Å². The third kappa shape index (κ3) is 3.34. The molecule has 2 aromatic heterocycles. The molecule has 122 valence electrons. The summed E-state index contributed by atoms with van der Waals surface area (Å²) in [6.07, 6.45) is 5.42. The third-order valence-electron chi connectivity index (χ3n) is 4.24. The summed E-state index contributed by atoms with van der Waals surface area (Å²) < 4.78 is 2.00. The smallest absolute Gasteiger partial charge is 0.323 e. The largest absolute Gasteiger partial charge is 0.337 e. The van der Waals surface area contributed by atoms with Gasteiger partial charge in [-0.2, -0.15) is 0 Å². The quantitative estimate of drug-likeness (QED) is 0.915. The van der Waals surface area contributed by atoms with Gasteiger partial charge < -0.3 is 9.47 Å². The summed E-state index contributed by atoms with van der Waals surface area (Å²) in [7, 11) is 4.04. The number of hydrogen-bond donors (Lipinski definition) is 1. The molecule has 7 heteroatoms. The van der Waals surface area contributed by atoms with E-state index in [-0.39, 0.29) is 12.1 Å². The minimum absolute atomic E-state index is 0.0972. The highest BCUT2D eigenvalue weighted by Gasteiger charge is 2.30. The first-order chi connectivity index (χ1) is 11.0. The van der Waals surface area contributed by atoms with E-state index in [1.807, 2.05) is 41.8 Å². The molecule has 1 aliphatic heterocycles. The summed E-state index contributed by atoms with van der Waals surface area (Å²) in [5.74, 6) is 1.56. The number of imidazole rings is 1. The van der Waals surface area contributed by atoms with Gasteiger partial charge >= 0.3 is 6.03 Å². The van der Waals surface area contributed by atoms with E-state index in [9.17, 15) is 4.79 Å². The number of pyridine rings is 1. The molecule has 2 amide bonds. The fourth-order valence-electron chi connectivity index (χ4n) is 2.83. The minimum atomic E-state index is -0.115. The van der Waals surface area contributed by atoms with E-state index in [1.165, 1.54) is 0 Å². The van der Waals surface area contributed by atoms with E-state index in [1.54, 1.807) is 12.4 Å². The first-order valence-electron chi connectivity index (χ1n) is 7.70. The topological polar surface area (TPSA) is 66.3 Å². The van der Waals surface area contributed by atoms with Crippen LogP contribution in [0.3, 0.4) is 0 Å². The molecule has 23 heavy (non-hydrogen) atoms. The van der Waals surface area contributed by atoms with Gasteiger partial charge in [-0.05, 0) is 31.7 Å². The van der Waals surface area contributed by atoms with Crippen LogP contribution in [0.2, 0.25) is 0 Å². The van der Waals surface area contributed by atoms with E-state index >= 15 is 0 Å². The predicted octanol–water partition coefficient (Wildman–Crippen LogP) is 1.64. The molecular weight excluding hydrogens is 292 g/mol. The fraction of sp³-hybridized carbons (Fsp3) is 0.438. The summed E-state index contributed by atoms with van der Waals surface area (Å²) in [4.78, 5) is 25.2. The van der Waals surface area contributed by atoms with Crippen molar-refractivity contribution in [3.05, 3.63) is 42.1 Å². The van der Waals surface area contributed by atoms with Gasteiger partial charge in [0.15, 0.2) is 0 Å². The monoisotopic (exact) mass is 314 g/mol. The van der Waals surface area contributed by atoms with E-state index in [4.69, 9.17) is 0 Å². The van der Waals surface area contributed by atoms with Crippen LogP contribution < -0.4 is 5.32 Å². The Balaban J connectivity index is 1.71. The molecule has 1 atom stereocenters. The molecule has 0 unspecified atom stereocenters. The second-order valence-corrected chi connectivity index (χ2v) is 5.99. The van der Waals surface area contributed by atoms with Crippen LogP contribution >= 0.6 is 0 Å². The number of nitrogens with zero attached hydrogens (tertiary/aromatic N) is 5. The van der Waals surface area contributed by atoms with E-state index < -0.39 is 0 Å². The number of urea groups is 1. The maximum absolute atomic E-state index is 12.5. The second-order valence-electron chi connectivity index (χ2n) is 5.99. The standard InChI is InChI=1S/C16H22N6O/c1-12-4-5-17-14(10-12)19-16(23)22-9-8-20(2)13(11-22)15-18-6-7-21(15)3/h4-7,10,13H,8-9,11H2,1-3H3,(H,17,19,23)/t13-/m1/s1. The third-order valence-corrected chi connectivity index (χ3v) is 4.24. The van der Waals surface area contributed by atoms with Gasteiger partial charge in [-0.3, -0.25) is 10.2 Å². The van der Waals surface area contributed by atoms with Crippen LogP contribution in [0.4, 0.5) is 10.6 Å². The van der Waals surface area contributed by atoms with Crippen LogP contribution in [0.15, 0.2) is 30.7 Å². The fourth-order valence-corrected chi connectivity index (χ4v) is 2.83. The molecule has 7 nitrogen and oxygen atoms in total. The Morgan fingerprint density at radius 3 is 2.78 bits per heavy atom. The first kappa shape index (κ1) is 15.5. The lowest BCUT2D eigenvalue weighted by atomic mass is 10.1. The summed E-state index contributed by atoms with van der Waals surface area (Å²) in [6.45, 7) is 4.09. The van der Waals surface area contributed by atoms with Crippen LogP contribution in [0.25, 0.3) is 0 Å². The second kappa shape index (κ2) is 6.37. The maximum atomic E-state index is 12.5. The molecule has 0 radical (unpaired) electrons. The highest BCUT2D eigenvalue weighted by atomic mass is 16.2. The molecule has 0 bridgehead atoms. The first-order valence-corrected chi connectivity index (χ1v) is 7.70. The van der Waals surface area contributed by atoms with Crippen LogP contribution in [-0.4, -0.2) is 57.0 Å². The van der Waals surface area contributed by atoms with E-state index in [2.05, 4.69) is 27.2 Å². The Bertz CT molecular complexity index is 697. The average Bonchev–Trinajstić information content (AvgIpc) is 2.93. The Hall–Kier alpha value is -2.41. The number of anilines is 1. The van der Waals surface area contributed by atoms with E-state index in [0.29, 0.717) is 18.9 Å². The summed E-state index contributed by atoms with van der Waals surface area (Å²) in [5.41, 5.74) is 1.07. The molecule has 1 fully saturated rings. The van der Waals surface area contributed by atoms with Gasteiger partial charge in [0, 0.05) is 45.3 Å². The summed E-state index contributed by atoms with van der Waals surface area (Å²) >= 11 is 0. The normalized spacial score (nSPS) is 18.9. The summed E-state index contributed by atoms with van der Waals surface area (Å²) in [6, 6.07) is 3.75. The molecule has 1 N–H and O–H groups in total. The van der Waals surface area contributed by atoms with Crippen molar-refractivity contribution in [2.45, 2.75) is 13.0 Å². The molecular formula is C16H22N6O. The van der Waals surface area contributed by atoms with Crippen molar-refractivity contribution in [3.63, 3.8) is 0 Å². The Labute approximate surface area is 135 Å². The predicted molar refractivity (Wildman–Crippen MR) is 88.1 cm³/mol. The van der Waals surface area contributed by atoms with Crippen molar-refractivity contribution in [1.82, 2.24) is 24.3 Å². The zero-order chi connectivity index (χ0) is 16.4. The van der Waals surface area contributed by atoms with Gasteiger partial charge in [0.2, 0.25) is 0 Å². The van der Waals surface area contributed by atoms with Crippen LogP contribution in [0.5, 0.6) is 0 Å². The number of nitrogens with one attached hydrogen (secondary N) is 1. The van der Waals surface area contributed by atoms with Crippen LogP contribution in [0.1, 0.15) is 17.4 Å². The van der Waals surface area contributed by atoms with Crippen molar-refractivity contribution < 1.29 is 4.79 Å². The number of piperazine rings is 1. The lowest BCUT2D eigenvalue weighted by molar-refractivity contribution is 0.110. The summed E-state index contributed by atoms with van der Waals surface area (Å²) in [5, 5.41) is 2.88. The van der Waals surface area contributed by atoms with Crippen molar-refractivity contribution >= 4 is 11.8 Å². The Kier molecular flexibility index (Phi) is 4.29. The van der Waals surface area contributed by atoms with Gasteiger partial charge in [-0.15, -0.1) is 0 Å². The Morgan fingerprint density at radius 2 is 2.09 bits per heavy atom. The molecule has 0 aliphatic carbocycles. The van der Waals surface area contributed by atoms with Crippen LogP contribution in [0, 0.1) is 6.92 Å². The SMILES string of the molecule is Cc1ccnc(NC(=O)N2CCN(C)[C@@H](c3nccn3C)C2)c1. The zero-order valence-corrected chi connectivity index (χ0v) is 13.7. The molecule has 3 heterocycles. The van der Waals surface area contributed by atoms with Gasteiger partial charge in [0.05, 0.1) is 6.04 Å². The van der Waals surface area contributed by atoms with Crippen molar-refractivity contribution in [2.75, 3.05) is 32.0 Å². The van der Waals surface area contributed by atoms with Crippen molar-refractivity contribution in [2.24, 2.45) is 7.05 Å².